The monoisotopic (exact) mass is 407 g/mol. The summed E-state index contributed by atoms with van der Waals surface area (Å²) < 4.78 is 16.2. The molecule has 0 unspecified atom stereocenters. The van der Waals surface area contributed by atoms with E-state index < -0.39 is 5.97 Å². The van der Waals surface area contributed by atoms with Crippen molar-refractivity contribution in [1.29, 1.82) is 0 Å². The van der Waals surface area contributed by atoms with Gasteiger partial charge >= 0.3 is 5.97 Å². The van der Waals surface area contributed by atoms with Crippen LogP contribution in [0.25, 0.3) is 16.5 Å². The standard InChI is InChI=1S/C24H25NO5/c1-6-29-24(27)17-7-9-18(10-8-17)25-21(26)11-14(2)19-12-20-15(3)13-30-23(20)16(4)22(19)28-5/h7-13H,6H2,1-5H3,(H,25,26)/b14-11+. The normalized spacial score (nSPS) is 11.4. The van der Waals surface area contributed by atoms with E-state index in [4.69, 9.17) is 13.9 Å². The second-order valence-electron chi connectivity index (χ2n) is 6.99. The highest BCUT2D eigenvalue weighted by Crippen LogP contribution is 2.37. The van der Waals surface area contributed by atoms with E-state index in [1.165, 1.54) is 6.08 Å². The number of anilines is 1. The van der Waals surface area contributed by atoms with Gasteiger partial charge in [0, 0.05) is 28.3 Å². The molecule has 0 fully saturated rings. The van der Waals surface area contributed by atoms with E-state index in [1.807, 2.05) is 26.8 Å². The van der Waals surface area contributed by atoms with E-state index in [9.17, 15) is 9.59 Å². The molecular weight excluding hydrogens is 382 g/mol. The molecule has 3 aromatic rings. The predicted octanol–water partition coefficient (Wildman–Crippen LogP) is 5.28. The smallest absolute Gasteiger partial charge is 0.338 e. The van der Waals surface area contributed by atoms with Crippen LogP contribution in [0.4, 0.5) is 5.69 Å². The summed E-state index contributed by atoms with van der Waals surface area (Å²) in [6.07, 6.45) is 3.24. The number of esters is 1. The van der Waals surface area contributed by atoms with E-state index >= 15 is 0 Å². The van der Waals surface area contributed by atoms with Crippen LogP contribution in [0.3, 0.4) is 0 Å². The molecule has 0 spiro atoms. The van der Waals surface area contributed by atoms with Crippen LogP contribution >= 0.6 is 0 Å². The highest BCUT2D eigenvalue weighted by molar-refractivity contribution is 6.05. The van der Waals surface area contributed by atoms with Crippen molar-refractivity contribution in [3.63, 3.8) is 0 Å². The van der Waals surface area contributed by atoms with Crippen LogP contribution in [-0.4, -0.2) is 25.6 Å². The summed E-state index contributed by atoms with van der Waals surface area (Å²) in [5.74, 6) is 0.0100. The van der Waals surface area contributed by atoms with Crippen LogP contribution in [0.1, 0.15) is 40.9 Å². The van der Waals surface area contributed by atoms with Gasteiger partial charge in [0.25, 0.3) is 0 Å². The lowest BCUT2D eigenvalue weighted by molar-refractivity contribution is -0.111. The van der Waals surface area contributed by atoms with Crippen molar-refractivity contribution < 1.29 is 23.5 Å². The number of hydrogen-bond acceptors (Lipinski definition) is 5. The number of methoxy groups -OCH3 is 1. The van der Waals surface area contributed by atoms with Crippen molar-refractivity contribution in [3.05, 3.63) is 64.9 Å². The Kier molecular flexibility index (Phi) is 6.26. The zero-order chi connectivity index (χ0) is 21.8. The summed E-state index contributed by atoms with van der Waals surface area (Å²) in [7, 11) is 1.60. The van der Waals surface area contributed by atoms with Crippen LogP contribution in [-0.2, 0) is 9.53 Å². The van der Waals surface area contributed by atoms with Crippen LogP contribution in [0, 0.1) is 13.8 Å². The van der Waals surface area contributed by atoms with Gasteiger partial charge in [0.1, 0.15) is 11.3 Å². The van der Waals surface area contributed by atoms with Gasteiger partial charge in [-0.15, -0.1) is 0 Å². The zero-order valence-electron chi connectivity index (χ0n) is 17.8. The van der Waals surface area contributed by atoms with E-state index in [0.29, 0.717) is 23.6 Å². The number of aryl methyl sites for hydroxylation is 2. The van der Waals surface area contributed by atoms with Crippen molar-refractivity contribution in [1.82, 2.24) is 0 Å². The van der Waals surface area contributed by atoms with Crippen molar-refractivity contribution in [2.45, 2.75) is 27.7 Å². The number of amides is 1. The van der Waals surface area contributed by atoms with Gasteiger partial charge in [-0.25, -0.2) is 4.79 Å². The molecule has 1 aromatic heterocycles. The Balaban J connectivity index is 1.84. The van der Waals surface area contributed by atoms with Crippen molar-refractivity contribution in [2.24, 2.45) is 0 Å². The van der Waals surface area contributed by atoms with Gasteiger partial charge in [-0.1, -0.05) is 0 Å². The SMILES string of the molecule is CCOC(=O)c1ccc(NC(=O)/C=C(\C)c2cc3c(C)coc3c(C)c2OC)cc1. The number of fused-ring (bicyclic) bond motifs is 1. The van der Waals surface area contributed by atoms with E-state index in [0.717, 1.165) is 33.2 Å². The molecule has 0 bridgehead atoms. The minimum Gasteiger partial charge on any atom is -0.496 e. The number of allylic oxidation sites excluding steroid dienone is 1. The molecule has 1 amide bonds. The van der Waals surface area contributed by atoms with Crippen LogP contribution in [0.5, 0.6) is 5.75 Å². The van der Waals surface area contributed by atoms with Gasteiger partial charge in [0.15, 0.2) is 0 Å². The summed E-state index contributed by atoms with van der Waals surface area (Å²) >= 11 is 0. The maximum Gasteiger partial charge on any atom is 0.338 e. The first-order valence-corrected chi connectivity index (χ1v) is 9.68. The number of rotatable bonds is 6. The summed E-state index contributed by atoms with van der Waals surface area (Å²) in [4.78, 5) is 24.3. The van der Waals surface area contributed by atoms with Crippen molar-refractivity contribution >= 4 is 34.1 Å². The van der Waals surface area contributed by atoms with Crippen molar-refractivity contribution in [2.75, 3.05) is 19.0 Å². The largest absolute Gasteiger partial charge is 0.496 e. The van der Waals surface area contributed by atoms with Gasteiger partial charge in [-0.3, -0.25) is 4.79 Å². The molecule has 3 rings (SSSR count). The highest BCUT2D eigenvalue weighted by atomic mass is 16.5. The first-order chi connectivity index (χ1) is 14.3. The minimum atomic E-state index is -0.390. The van der Waals surface area contributed by atoms with Gasteiger partial charge in [0.2, 0.25) is 5.91 Å². The summed E-state index contributed by atoms with van der Waals surface area (Å²) in [5, 5.41) is 3.80. The van der Waals surface area contributed by atoms with E-state index in [2.05, 4.69) is 5.32 Å². The third kappa shape index (κ3) is 4.22. The zero-order valence-corrected chi connectivity index (χ0v) is 17.8. The van der Waals surface area contributed by atoms with E-state index in [-0.39, 0.29) is 5.91 Å². The third-order valence-electron chi connectivity index (χ3n) is 4.88. The number of benzene rings is 2. The first kappa shape index (κ1) is 21.2. The second kappa shape index (κ2) is 8.86. The number of carbonyl (C=O) groups is 2. The first-order valence-electron chi connectivity index (χ1n) is 9.68. The van der Waals surface area contributed by atoms with Gasteiger partial charge in [-0.05, 0) is 69.2 Å². The lowest BCUT2D eigenvalue weighted by Gasteiger charge is -2.13. The van der Waals surface area contributed by atoms with Crippen LogP contribution in [0.2, 0.25) is 0 Å². The quantitative estimate of drug-likeness (QED) is 0.444. The van der Waals surface area contributed by atoms with Crippen molar-refractivity contribution in [3.8, 4) is 5.75 Å². The number of carbonyl (C=O) groups excluding carboxylic acids is 2. The molecule has 0 aliphatic heterocycles. The fraction of sp³-hybridized carbons (Fsp3) is 0.250. The maximum absolute atomic E-state index is 12.5. The molecule has 156 valence electrons. The molecule has 0 aliphatic carbocycles. The lowest BCUT2D eigenvalue weighted by Crippen LogP contribution is -2.09. The molecule has 6 nitrogen and oxygen atoms in total. The molecule has 1 N–H and O–H groups in total. The Morgan fingerprint density at radius 2 is 1.87 bits per heavy atom. The lowest BCUT2D eigenvalue weighted by atomic mass is 9.98. The Morgan fingerprint density at radius 1 is 1.17 bits per heavy atom. The average molecular weight is 407 g/mol. The summed E-state index contributed by atoms with van der Waals surface area (Å²) in [5.41, 5.74) is 5.31. The summed E-state index contributed by atoms with van der Waals surface area (Å²) in [6, 6.07) is 8.55. The molecule has 0 radical (unpaired) electrons. The number of furan rings is 1. The number of nitrogens with one attached hydrogen (secondary N) is 1. The molecule has 0 aliphatic rings. The Hall–Kier alpha value is -3.54. The predicted molar refractivity (Wildman–Crippen MR) is 117 cm³/mol. The highest BCUT2D eigenvalue weighted by Gasteiger charge is 2.17. The van der Waals surface area contributed by atoms with Crippen LogP contribution in [0.15, 0.2) is 47.1 Å². The minimum absolute atomic E-state index is 0.278. The average Bonchev–Trinajstić information content (AvgIpc) is 3.09. The molecule has 30 heavy (non-hydrogen) atoms. The molecule has 1 heterocycles. The Bertz CT molecular complexity index is 1120. The molecule has 0 saturated carbocycles. The molecule has 2 aromatic carbocycles. The third-order valence-corrected chi connectivity index (χ3v) is 4.88. The second-order valence-corrected chi connectivity index (χ2v) is 6.99. The molecule has 6 heteroatoms. The number of ether oxygens (including phenoxy) is 2. The van der Waals surface area contributed by atoms with Gasteiger partial charge in [-0.2, -0.15) is 0 Å². The van der Waals surface area contributed by atoms with E-state index in [1.54, 1.807) is 44.6 Å². The Morgan fingerprint density at radius 3 is 2.50 bits per heavy atom. The molecule has 0 saturated heterocycles. The molecule has 0 atom stereocenters. The maximum atomic E-state index is 12.5. The fourth-order valence-electron chi connectivity index (χ4n) is 3.35. The van der Waals surface area contributed by atoms with Gasteiger partial charge < -0.3 is 19.2 Å². The fourth-order valence-corrected chi connectivity index (χ4v) is 3.35. The number of hydrogen-bond donors (Lipinski definition) is 1. The van der Waals surface area contributed by atoms with Gasteiger partial charge in [0.05, 0.1) is 25.5 Å². The molecular formula is C24H25NO5. The van der Waals surface area contributed by atoms with Crippen LogP contribution < -0.4 is 10.1 Å². The summed E-state index contributed by atoms with van der Waals surface area (Å²) in [6.45, 7) is 7.85. The topological polar surface area (TPSA) is 77.8 Å². The Labute approximate surface area is 175 Å².